The molecule has 1 N–H and O–H groups in total. The van der Waals surface area contributed by atoms with Crippen molar-refractivity contribution in [2.75, 3.05) is 11.9 Å². The van der Waals surface area contributed by atoms with Gasteiger partial charge in [0.05, 0.1) is 16.8 Å². The normalized spacial score (nSPS) is 12.6. The van der Waals surface area contributed by atoms with E-state index in [1.165, 1.54) is 6.20 Å². The van der Waals surface area contributed by atoms with E-state index in [1.807, 2.05) is 24.3 Å². The fourth-order valence-electron chi connectivity index (χ4n) is 3.31. The third kappa shape index (κ3) is 3.48. The van der Waals surface area contributed by atoms with E-state index in [4.69, 9.17) is 16.3 Å². The van der Waals surface area contributed by atoms with Gasteiger partial charge in [-0.1, -0.05) is 29.8 Å². The van der Waals surface area contributed by atoms with Crippen molar-refractivity contribution in [1.82, 2.24) is 9.97 Å². The number of ether oxygens (including phenoxy) is 1. The highest BCUT2D eigenvalue weighted by Crippen LogP contribution is 2.30. The number of nitrogens with zero attached hydrogens (tertiary/aromatic N) is 2. The summed E-state index contributed by atoms with van der Waals surface area (Å²) in [6.07, 6.45) is 4.11. The Kier molecular flexibility index (Phi) is 4.73. The smallest absolute Gasteiger partial charge is 0.339 e. The van der Waals surface area contributed by atoms with Crippen molar-refractivity contribution in [2.24, 2.45) is 0 Å². The number of aryl methyl sites for hydroxylation is 1. The third-order valence-electron chi connectivity index (χ3n) is 4.49. The summed E-state index contributed by atoms with van der Waals surface area (Å²) < 4.78 is 5.29. The van der Waals surface area contributed by atoms with Crippen molar-refractivity contribution in [3.8, 4) is 0 Å². The van der Waals surface area contributed by atoms with Gasteiger partial charge in [0.15, 0.2) is 11.8 Å². The van der Waals surface area contributed by atoms with E-state index in [0.717, 1.165) is 41.4 Å². The number of aromatic nitrogens is 2. The van der Waals surface area contributed by atoms with Crippen molar-refractivity contribution >= 4 is 40.1 Å². The lowest BCUT2D eigenvalue weighted by molar-refractivity contribution is -0.119. The van der Waals surface area contributed by atoms with Crippen LogP contribution in [-0.4, -0.2) is 28.5 Å². The third-order valence-corrected chi connectivity index (χ3v) is 4.79. The number of fused-ring (bicyclic) bond motifs is 2. The number of hydrogen-bond donors (Lipinski definition) is 1. The van der Waals surface area contributed by atoms with E-state index in [-0.39, 0.29) is 5.15 Å². The Morgan fingerprint density at radius 2 is 2.00 bits per heavy atom. The van der Waals surface area contributed by atoms with Gasteiger partial charge in [-0.15, -0.1) is 0 Å². The lowest BCUT2D eigenvalue weighted by atomic mass is 10.0. The molecule has 0 aliphatic heterocycles. The second kappa shape index (κ2) is 7.32. The quantitative estimate of drug-likeness (QED) is 0.552. The van der Waals surface area contributed by atoms with Crippen molar-refractivity contribution in [2.45, 2.75) is 19.3 Å². The van der Waals surface area contributed by atoms with Crippen LogP contribution in [0.25, 0.3) is 10.9 Å². The van der Waals surface area contributed by atoms with Gasteiger partial charge in [0, 0.05) is 17.3 Å². The predicted octanol–water partition coefficient (Wildman–Crippen LogP) is 3.57. The van der Waals surface area contributed by atoms with Gasteiger partial charge in [-0.25, -0.2) is 9.78 Å². The fraction of sp³-hybridized carbons (Fsp3) is 0.200. The predicted molar refractivity (Wildman–Crippen MR) is 102 cm³/mol. The molecule has 0 saturated carbocycles. The van der Waals surface area contributed by atoms with Gasteiger partial charge in [-0.05, 0) is 43.0 Å². The average molecular weight is 382 g/mol. The molecule has 0 atom stereocenters. The first kappa shape index (κ1) is 17.4. The minimum atomic E-state index is -0.515. The number of nitrogens with one attached hydrogen (secondary N) is 1. The Morgan fingerprint density at radius 1 is 1.15 bits per heavy atom. The number of para-hydroxylation sites is 1. The molecule has 0 unspecified atom stereocenters. The molecule has 136 valence electrons. The molecule has 7 heteroatoms. The number of anilines is 1. The number of benzene rings is 1. The molecule has 1 aliphatic rings. The van der Waals surface area contributed by atoms with Crippen molar-refractivity contribution in [3.05, 3.63) is 64.6 Å². The molecule has 2 aromatic heterocycles. The van der Waals surface area contributed by atoms with Crippen LogP contribution in [0.5, 0.6) is 0 Å². The number of carbonyl (C=O) groups excluding carboxylic acids is 2. The summed E-state index contributed by atoms with van der Waals surface area (Å²) in [6, 6.07) is 10.8. The summed E-state index contributed by atoms with van der Waals surface area (Å²) in [5.41, 5.74) is 3.51. The maximum atomic E-state index is 12.8. The number of carbonyl (C=O) groups is 2. The Morgan fingerprint density at radius 3 is 2.85 bits per heavy atom. The second-order valence-corrected chi connectivity index (χ2v) is 6.61. The van der Waals surface area contributed by atoms with E-state index in [1.54, 1.807) is 12.1 Å². The lowest BCUT2D eigenvalue weighted by Crippen LogP contribution is -2.22. The number of hydrogen-bond acceptors (Lipinski definition) is 5. The molecule has 0 saturated heterocycles. The lowest BCUT2D eigenvalue weighted by Gasteiger charge is -2.12. The van der Waals surface area contributed by atoms with E-state index >= 15 is 0 Å². The topological polar surface area (TPSA) is 81.2 Å². The summed E-state index contributed by atoms with van der Waals surface area (Å²) >= 11 is 5.92. The molecule has 3 aromatic rings. The Balaban J connectivity index is 1.54. The van der Waals surface area contributed by atoms with Crippen molar-refractivity contribution in [1.29, 1.82) is 0 Å². The van der Waals surface area contributed by atoms with Gasteiger partial charge in [0.25, 0.3) is 5.91 Å². The van der Waals surface area contributed by atoms with Crippen LogP contribution in [0.15, 0.2) is 42.6 Å². The van der Waals surface area contributed by atoms with Crippen molar-refractivity contribution in [3.63, 3.8) is 0 Å². The van der Waals surface area contributed by atoms with Crippen LogP contribution in [0.4, 0.5) is 5.69 Å². The summed E-state index contributed by atoms with van der Waals surface area (Å²) in [7, 11) is 0. The van der Waals surface area contributed by atoms with Crippen LogP contribution in [0.1, 0.15) is 28.0 Å². The van der Waals surface area contributed by atoms with Crippen molar-refractivity contribution < 1.29 is 14.3 Å². The number of rotatable bonds is 4. The molecule has 27 heavy (non-hydrogen) atoms. The average Bonchev–Trinajstić information content (AvgIpc) is 3.14. The maximum Gasteiger partial charge on any atom is 0.339 e. The molecule has 1 amide bonds. The SMILES string of the molecule is O=C(COC(=O)c1c2c(nc3ccccc13)CCC2)Nc1cccnc1Cl. The molecule has 0 fully saturated rings. The molecule has 0 radical (unpaired) electrons. The maximum absolute atomic E-state index is 12.8. The van der Waals surface area contributed by atoms with Crippen LogP contribution in [0, 0.1) is 0 Å². The van der Waals surface area contributed by atoms with Crippen LogP contribution < -0.4 is 5.32 Å². The summed E-state index contributed by atoms with van der Waals surface area (Å²) in [6.45, 7) is -0.407. The zero-order valence-electron chi connectivity index (χ0n) is 14.4. The Hall–Kier alpha value is -2.99. The largest absolute Gasteiger partial charge is 0.452 e. The van der Waals surface area contributed by atoms with Gasteiger partial charge in [-0.2, -0.15) is 0 Å². The number of pyridine rings is 2. The van der Waals surface area contributed by atoms with E-state index in [0.29, 0.717) is 11.3 Å². The molecule has 1 aromatic carbocycles. The van der Waals surface area contributed by atoms with Gasteiger partial charge in [0.1, 0.15) is 0 Å². The minimum Gasteiger partial charge on any atom is -0.452 e. The highest BCUT2D eigenvalue weighted by molar-refractivity contribution is 6.32. The summed E-state index contributed by atoms with van der Waals surface area (Å²) in [5.74, 6) is -0.993. The molecule has 2 heterocycles. The number of halogens is 1. The van der Waals surface area contributed by atoms with Gasteiger partial charge in [0.2, 0.25) is 0 Å². The Labute approximate surface area is 160 Å². The minimum absolute atomic E-state index is 0.176. The van der Waals surface area contributed by atoms with E-state index in [9.17, 15) is 9.59 Å². The molecule has 0 spiro atoms. The first-order valence-electron chi connectivity index (χ1n) is 8.61. The standard InChI is InChI=1S/C20H16ClN3O3/c21-19-16(9-4-10-22-19)24-17(25)11-27-20(26)18-12-5-1-2-7-14(12)23-15-8-3-6-13(15)18/h1-2,4-5,7,9-10H,3,6,8,11H2,(H,24,25). The van der Waals surface area contributed by atoms with Crippen LogP contribution in [0.2, 0.25) is 5.15 Å². The number of amides is 1. The zero-order chi connectivity index (χ0) is 18.8. The first-order chi connectivity index (χ1) is 13.1. The molecule has 1 aliphatic carbocycles. The van der Waals surface area contributed by atoms with E-state index < -0.39 is 18.5 Å². The second-order valence-electron chi connectivity index (χ2n) is 6.25. The molecule has 4 rings (SSSR count). The van der Waals surface area contributed by atoms with Gasteiger partial charge < -0.3 is 10.1 Å². The zero-order valence-corrected chi connectivity index (χ0v) is 15.1. The van der Waals surface area contributed by atoms with Gasteiger partial charge in [-0.3, -0.25) is 9.78 Å². The monoisotopic (exact) mass is 381 g/mol. The number of esters is 1. The van der Waals surface area contributed by atoms with Crippen LogP contribution in [-0.2, 0) is 22.4 Å². The molecular formula is C20H16ClN3O3. The Bertz CT molecular complexity index is 1050. The van der Waals surface area contributed by atoms with Gasteiger partial charge >= 0.3 is 5.97 Å². The van der Waals surface area contributed by atoms with E-state index in [2.05, 4.69) is 15.3 Å². The highest BCUT2D eigenvalue weighted by Gasteiger charge is 2.25. The molecule has 6 nitrogen and oxygen atoms in total. The molecule has 0 bridgehead atoms. The summed E-state index contributed by atoms with van der Waals surface area (Å²) in [5, 5.41) is 3.51. The highest BCUT2D eigenvalue weighted by atomic mass is 35.5. The molecular weight excluding hydrogens is 366 g/mol. The fourth-order valence-corrected chi connectivity index (χ4v) is 3.48. The first-order valence-corrected chi connectivity index (χ1v) is 8.99. The van der Waals surface area contributed by atoms with Crippen LogP contribution >= 0.6 is 11.6 Å². The van der Waals surface area contributed by atoms with Crippen LogP contribution in [0.3, 0.4) is 0 Å². The summed E-state index contributed by atoms with van der Waals surface area (Å²) in [4.78, 5) is 33.4.